The Balaban J connectivity index is 0.000000195. The quantitative estimate of drug-likeness (QED) is 0.699. The van der Waals surface area contributed by atoms with Gasteiger partial charge in [-0.15, -0.1) is 0 Å². The highest BCUT2D eigenvalue weighted by molar-refractivity contribution is 7.86. The Hall–Kier alpha value is -1.43. The third-order valence-electron chi connectivity index (χ3n) is 1.66. The maximum absolute atomic E-state index is 9.19. The molecule has 5 heteroatoms. The van der Waals surface area contributed by atoms with Gasteiger partial charge in [0.25, 0.3) is 10.2 Å². The summed E-state index contributed by atoms with van der Waals surface area (Å²) in [5.41, 5.74) is 0. The lowest BCUT2D eigenvalue weighted by atomic mass is 10.1. The summed E-state index contributed by atoms with van der Waals surface area (Å²) in [6, 6.07) is 16.7. The van der Waals surface area contributed by atoms with Gasteiger partial charge in [-0.1, -0.05) is 48.5 Å². The van der Waals surface area contributed by atoms with Crippen molar-refractivity contribution in [3.05, 3.63) is 48.5 Å². The minimum absolute atomic E-state index is 1.31. The van der Waals surface area contributed by atoms with Gasteiger partial charge < -0.3 is 0 Å². The second-order valence-electron chi connectivity index (χ2n) is 2.94. The van der Waals surface area contributed by atoms with Gasteiger partial charge in [-0.25, -0.2) is 10.3 Å². The summed E-state index contributed by atoms with van der Waals surface area (Å²) in [7, 11) is -3.67. The zero-order valence-corrected chi connectivity index (χ0v) is 8.81. The van der Waals surface area contributed by atoms with E-state index in [4.69, 9.17) is 0 Å². The molecule has 4 nitrogen and oxygen atoms in total. The molecule has 0 atom stereocenters. The van der Waals surface area contributed by atoms with Crippen molar-refractivity contribution in [3.8, 4) is 0 Å². The minimum atomic E-state index is -3.67. The largest absolute Gasteiger partial charge is 0.271 e. The monoisotopic (exact) mass is 224 g/mol. The maximum atomic E-state index is 9.19. The molecule has 0 unspecified atom stereocenters. The SMILES string of the molecule is NS(N)(=O)=O.c1ccc2ccccc2c1. The van der Waals surface area contributed by atoms with Crippen LogP contribution >= 0.6 is 0 Å². The van der Waals surface area contributed by atoms with E-state index in [1.807, 2.05) is 0 Å². The van der Waals surface area contributed by atoms with Crippen LogP contribution in [0.15, 0.2) is 48.5 Å². The summed E-state index contributed by atoms with van der Waals surface area (Å²) in [5.74, 6) is 0. The highest BCUT2D eigenvalue weighted by Crippen LogP contribution is 2.11. The molecule has 0 heterocycles. The Morgan fingerprint density at radius 3 is 1.13 bits per heavy atom. The molecule has 2 aromatic carbocycles. The smallest absolute Gasteiger partial charge is 0.216 e. The first-order valence-corrected chi connectivity index (χ1v) is 5.82. The Bertz CT molecular complexity index is 464. The Labute approximate surface area is 88.7 Å². The van der Waals surface area contributed by atoms with Gasteiger partial charge in [0.05, 0.1) is 0 Å². The lowest BCUT2D eigenvalue weighted by Crippen LogP contribution is -2.21. The third-order valence-corrected chi connectivity index (χ3v) is 1.66. The van der Waals surface area contributed by atoms with Crippen LogP contribution < -0.4 is 10.3 Å². The van der Waals surface area contributed by atoms with Gasteiger partial charge in [-0.05, 0) is 10.8 Å². The van der Waals surface area contributed by atoms with Gasteiger partial charge in [0.15, 0.2) is 0 Å². The van der Waals surface area contributed by atoms with Crippen LogP contribution in [-0.2, 0) is 10.2 Å². The summed E-state index contributed by atoms with van der Waals surface area (Å²) in [6.07, 6.45) is 0. The van der Waals surface area contributed by atoms with Crippen LogP contribution in [0.25, 0.3) is 10.8 Å². The summed E-state index contributed by atoms with van der Waals surface area (Å²) < 4.78 is 18.4. The van der Waals surface area contributed by atoms with E-state index in [-0.39, 0.29) is 0 Å². The van der Waals surface area contributed by atoms with Crippen molar-refractivity contribution in [2.24, 2.45) is 10.3 Å². The number of benzene rings is 2. The van der Waals surface area contributed by atoms with Crippen molar-refractivity contribution in [2.45, 2.75) is 0 Å². The van der Waals surface area contributed by atoms with Crippen LogP contribution in [-0.4, -0.2) is 8.42 Å². The van der Waals surface area contributed by atoms with Gasteiger partial charge in [-0.3, -0.25) is 0 Å². The molecular weight excluding hydrogens is 212 g/mol. The fourth-order valence-electron chi connectivity index (χ4n) is 1.13. The highest BCUT2D eigenvalue weighted by atomic mass is 32.2. The van der Waals surface area contributed by atoms with E-state index in [0.29, 0.717) is 0 Å². The van der Waals surface area contributed by atoms with E-state index in [9.17, 15) is 8.42 Å². The molecule has 4 N–H and O–H groups in total. The molecule has 0 amide bonds. The Morgan fingerprint density at radius 1 is 0.733 bits per heavy atom. The average molecular weight is 224 g/mol. The number of hydrogen-bond donors (Lipinski definition) is 2. The molecular formula is C10H12N2O2S. The van der Waals surface area contributed by atoms with Gasteiger partial charge in [-0.2, -0.15) is 8.42 Å². The van der Waals surface area contributed by atoms with Crippen molar-refractivity contribution in [1.29, 1.82) is 0 Å². The molecule has 2 aromatic rings. The van der Waals surface area contributed by atoms with Crippen LogP contribution in [0.5, 0.6) is 0 Å². The van der Waals surface area contributed by atoms with E-state index in [1.165, 1.54) is 10.8 Å². The van der Waals surface area contributed by atoms with E-state index in [0.717, 1.165) is 0 Å². The third kappa shape index (κ3) is 5.11. The Morgan fingerprint density at radius 2 is 0.933 bits per heavy atom. The zero-order valence-electron chi connectivity index (χ0n) is 8.00. The van der Waals surface area contributed by atoms with Crippen molar-refractivity contribution < 1.29 is 8.42 Å². The van der Waals surface area contributed by atoms with Crippen LogP contribution in [0.2, 0.25) is 0 Å². The standard InChI is InChI=1S/C10H8.H4N2O2S/c1-2-6-10-8-4-3-7-9(10)5-1;1-5(2,3)4/h1-8H;(H4,1,2,3,4). The summed E-state index contributed by atoms with van der Waals surface area (Å²) >= 11 is 0. The lowest BCUT2D eigenvalue weighted by Gasteiger charge is -1.92. The molecule has 80 valence electrons. The van der Waals surface area contributed by atoms with Crippen molar-refractivity contribution >= 4 is 21.0 Å². The molecule has 0 bridgehead atoms. The molecule has 15 heavy (non-hydrogen) atoms. The molecule has 0 spiro atoms. The molecule has 0 saturated heterocycles. The second-order valence-corrected chi connectivity index (χ2v) is 4.11. The van der Waals surface area contributed by atoms with E-state index in [2.05, 4.69) is 58.8 Å². The first-order valence-electron chi connectivity index (χ1n) is 4.21. The fourth-order valence-corrected chi connectivity index (χ4v) is 1.13. The van der Waals surface area contributed by atoms with Gasteiger partial charge in [0.1, 0.15) is 0 Å². The molecule has 2 rings (SSSR count). The van der Waals surface area contributed by atoms with Crippen LogP contribution in [0.3, 0.4) is 0 Å². The zero-order chi connectivity index (χ0) is 11.3. The molecule has 0 radical (unpaired) electrons. The highest BCUT2D eigenvalue weighted by Gasteiger charge is 1.85. The Kier molecular flexibility index (Phi) is 3.79. The van der Waals surface area contributed by atoms with Gasteiger partial charge >= 0.3 is 0 Å². The van der Waals surface area contributed by atoms with E-state index in [1.54, 1.807) is 0 Å². The van der Waals surface area contributed by atoms with Crippen molar-refractivity contribution in [1.82, 2.24) is 0 Å². The average Bonchev–Trinajstić information content (AvgIpc) is 2.16. The lowest BCUT2D eigenvalue weighted by molar-refractivity contribution is 0.599. The minimum Gasteiger partial charge on any atom is -0.216 e. The van der Waals surface area contributed by atoms with Crippen LogP contribution in [0.1, 0.15) is 0 Å². The van der Waals surface area contributed by atoms with Crippen LogP contribution in [0, 0.1) is 0 Å². The first-order chi connectivity index (χ1) is 6.97. The number of nitrogens with two attached hydrogens (primary N) is 2. The maximum Gasteiger partial charge on any atom is 0.271 e. The van der Waals surface area contributed by atoms with Crippen molar-refractivity contribution in [2.75, 3.05) is 0 Å². The normalized spacial score (nSPS) is 10.5. The van der Waals surface area contributed by atoms with Crippen molar-refractivity contribution in [3.63, 3.8) is 0 Å². The van der Waals surface area contributed by atoms with E-state index >= 15 is 0 Å². The number of hydrogen-bond acceptors (Lipinski definition) is 2. The summed E-state index contributed by atoms with van der Waals surface area (Å²) in [4.78, 5) is 0. The summed E-state index contributed by atoms with van der Waals surface area (Å²) in [6.45, 7) is 0. The molecule has 0 saturated carbocycles. The van der Waals surface area contributed by atoms with Gasteiger partial charge in [0, 0.05) is 0 Å². The molecule has 0 aliphatic carbocycles. The predicted molar refractivity (Wildman–Crippen MR) is 61.2 cm³/mol. The van der Waals surface area contributed by atoms with Gasteiger partial charge in [0.2, 0.25) is 0 Å². The second kappa shape index (κ2) is 4.88. The topological polar surface area (TPSA) is 86.2 Å². The molecule has 0 fully saturated rings. The predicted octanol–water partition coefficient (Wildman–Crippen LogP) is 0.988. The fraction of sp³-hybridized carbons (Fsp3) is 0. The summed E-state index contributed by atoms with van der Waals surface area (Å²) in [5, 5.41) is 10.8. The number of fused-ring (bicyclic) bond motifs is 1. The van der Waals surface area contributed by atoms with E-state index < -0.39 is 10.2 Å². The number of rotatable bonds is 0. The first kappa shape index (κ1) is 11.6. The molecule has 0 aromatic heterocycles. The molecule has 0 aliphatic rings. The molecule has 0 aliphatic heterocycles. The van der Waals surface area contributed by atoms with Crippen LogP contribution in [0.4, 0.5) is 0 Å².